The fourth-order valence-corrected chi connectivity index (χ4v) is 4.05. The lowest BCUT2D eigenvalue weighted by atomic mass is 10.2. The monoisotopic (exact) mass is 399 g/mol. The highest BCUT2D eigenvalue weighted by atomic mass is 32.1. The molecule has 0 saturated heterocycles. The predicted molar refractivity (Wildman–Crippen MR) is 117 cm³/mol. The fourth-order valence-electron chi connectivity index (χ4n) is 3.16. The van der Waals surface area contributed by atoms with E-state index in [1.165, 1.54) is 0 Å². The summed E-state index contributed by atoms with van der Waals surface area (Å²) in [6.07, 6.45) is 1.75. The number of aromatic hydroxyl groups is 1. The molecule has 0 aliphatic heterocycles. The van der Waals surface area contributed by atoms with Crippen molar-refractivity contribution in [1.29, 1.82) is 0 Å². The summed E-state index contributed by atoms with van der Waals surface area (Å²) in [4.78, 5) is 8.99. The highest BCUT2D eigenvalue weighted by molar-refractivity contribution is 7.22. The van der Waals surface area contributed by atoms with Gasteiger partial charge in [-0.3, -0.25) is 4.98 Å². The molecule has 0 unspecified atom stereocenters. The average Bonchev–Trinajstić information content (AvgIpc) is 3.16. The highest BCUT2D eigenvalue weighted by Gasteiger charge is 2.09. The van der Waals surface area contributed by atoms with Gasteiger partial charge in [0.2, 0.25) is 0 Å². The van der Waals surface area contributed by atoms with Gasteiger partial charge in [-0.2, -0.15) is 0 Å². The first-order valence-electron chi connectivity index (χ1n) is 9.19. The number of nitrogens with zero attached hydrogens (tertiary/aromatic N) is 2. The highest BCUT2D eigenvalue weighted by Crippen LogP contribution is 2.33. The first-order chi connectivity index (χ1) is 14.3. The molecule has 0 bridgehead atoms. The number of hydrogen-bond acceptors (Lipinski definition) is 6. The first kappa shape index (κ1) is 17.5. The van der Waals surface area contributed by atoms with Crippen molar-refractivity contribution in [2.75, 3.05) is 5.32 Å². The number of phenols is 1. The van der Waals surface area contributed by atoms with Crippen LogP contribution in [0, 0.1) is 0 Å². The smallest absolute Gasteiger partial charge is 0.184 e. The van der Waals surface area contributed by atoms with Gasteiger partial charge in [0, 0.05) is 29.8 Å². The largest absolute Gasteiger partial charge is 0.508 e. The lowest BCUT2D eigenvalue weighted by molar-refractivity contribution is 0.469. The molecule has 2 aromatic heterocycles. The zero-order valence-electron chi connectivity index (χ0n) is 15.4. The Labute approximate surface area is 171 Å². The van der Waals surface area contributed by atoms with Crippen LogP contribution in [0.1, 0.15) is 5.56 Å². The zero-order chi connectivity index (χ0) is 19.6. The molecule has 5 aromatic rings. The maximum atomic E-state index is 9.90. The van der Waals surface area contributed by atoms with E-state index in [9.17, 15) is 5.11 Å². The molecule has 0 saturated carbocycles. The molecule has 0 amide bonds. The average molecular weight is 399 g/mol. The normalized spacial score (nSPS) is 11.0. The molecule has 5 nitrogen and oxygen atoms in total. The number of rotatable bonds is 5. The SMILES string of the molecule is Oc1ccccc1CNc1nc2ccc(Oc3ccnc4ccccc34)cc2s1. The van der Waals surface area contributed by atoms with Crippen molar-refractivity contribution >= 4 is 37.6 Å². The van der Waals surface area contributed by atoms with E-state index in [-0.39, 0.29) is 5.75 Å². The molecule has 0 aliphatic rings. The summed E-state index contributed by atoms with van der Waals surface area (Å²) in [5.74, 6) is 1.81. The molecule has 2 N–H and O–H groups in total. The summed E-state index contributed by atoms with van der Waals surface area (Å²) in [6, 6.07) is 22.9. The summed E-state index contributed by atoms with van der Waals surface area (Å²) in [7, 11) is 0. The number of nitrogens with one attached hydrogen (secondary N) is 1. The minimum atomic E-state index is 0.279. The standard InChI is InChI=1S/C23H17N3O2S/c27-20-8-4-1-5-15(20)14-25-23-26-19-10-9-16(13-22(19)29-23)28-21-11-12-24-18-7-3-2-6-17(18)21/h1-13,27H,14H2,(H,25,26). The Morgan fingerprint density at radius 1 is 0.931 bits per heavy atom. The summed E-state index contributed by atoms with van der Waals surface area (Å²) in [6.45, 7) is 0.513. The molecule has 142 valence electrons. The van der Waals surface area contributed by atoms with Gasteiger partial charge in [0.05, 0.1) is 15.7 Å². The molecule has 3 aromatic carbocycles. The van der Waals surface area contributed by atoms with Gasteiger partial charge in [0.25, 0.3) is 0 Å². The number of pyridine rings is 1. The Morgan fingerprint density at radius 2 is 1.79 bits per heavy atom. The molecule has 6 heteroatoms. The molecule has 2 heterocycles. The summed E-state index contributed by atoms with van der Waals surface area (Å²) in [5.41, 5.74) is 2.64. The molecular weight excluding hydrogens is 382 g/mol. The van der Waals surface area contributed by atoms with Crippen LogP contribution in [0.2, 0.25) is 0 Å². The summed E-state index contributed by atoms with van der Waals surface area (Å²) >= 11 is 1.55. The van der Waals surface area contributed by atoms with Crippen molar-refractivity contribution in [3.05, 3.63) is 84.6 Å². The van der Waals surface area contributed by atoms with Gasteiger partial charge in [0.1, 0.15) is 17.2 Å². The third kappa shape index (κ3) is 3.58. The number of phenolic OH excluding ortho intramolecular Hbond substituents is 1. The van der Waals surface area contributed by atoms with Gasteiger partial charge in [-0.1, -0.05) is 41.7 Å². The Kier molecular flexibility index (Phi) is 4.46. The Hall–Kier alpha value is -3.64. The van der Waals surface area contributed by atoms with Crippen LogP contribution >= 0.6 is 11.3 Å². The van der Waals surface area contributed by atoms with Crippen LogP contribution < -0.4 is 10.1 Å². The summed E-state index contributed by atoms with van der Waals surface area (Å²) < 4.78 is 7.17. The van der Waals surface area contributed by atoms with Crippen LogP contribution in [0.15, 0.2) is 79.0 Å². The number of ether oxygens (including phenoxy) is 1. The van der Waals surface area contributed by atoms with Crippen molar-refractivity contribution in [3.63, 3.8) is 0 Å². The van der Waals surface area contributed by atoms with Crippen molar-refractivity contribution < 1.29 is 9.84 Å². The molecule has 0 aliphatic carbocycles. The van der Waals surface area contributed by atoms with E-state index in [1.807, 2.05) is 66.7 Å². The molecule has 0 spiro atoms. The fraction of sp³-hybridized carbons (Fsp3) is 0.0435. The second-order valence-corrected chi connectivity index (χ2v) is 7.59. The molecule has 0 radical (unpaired) electrons. The van der Waals surface area contributed by atoms with Gasteiger partial charge >= 0.3 is 0 Å². The lowest BCUT2D eigenvalue weighted by Gasteiger charge is -2.08. The van der Waals surface area contributed by atoms with Crippen molar-refractivity contribution in [2.24, 2.45) is 0 Å². The van der Waals surface area contributed by atoms with E-state index in [0.717, 1.165) is 43.3 Å². The van der Waals surface area contributed by atoms with Gasteiger partial charge in [0.15, 0.2) is 5.13 Å². The van der Waals surface area contributed by atoms with Crippen LogP contribution in [0.5, 0.6) is 17.2 Å². The first-order valence-corrected chi connectivity index (χ1v) is 10.0. The van der Waals surface area contributed by atoms with E-state index in [2.05, 4.69) is 15.3 Å². The van der Waals surface area contributed by atoms with Gasteiger partial charge in [-0.15, -0.1) is 0 Å². The molecule has 5 rings (SSSR count). The van der Waals surface area contributed by atoms with Crippen LogP contribution in [0.4, 0.5) is 5.13 Å². The number of thiazole rings is 1. The van der Waals surface area contributed by atoms with Crippen molar-refractivity contribution in [2.45, 2.75) is 6.54 Å². The molecule has 29 heavy (non-hydrogen) atoms. The van der Waals surface area contributed by atoms with Crippen LogP contribution in [0.25, 0.3) is 21.1 Å². The maximum absolute atomic E-state index is 9.90. The van der Waals surface area contributed by atoms with Crippen LogP contribution in [0.3, 0.4) is 0 Å². The predicted octanol–water partition coefficient (Wildman–Crippen LogP) is 5.95. The number of fused-ring (bicyclic) bond motifs is 2. The maximum Gasteiger partial charge on any atom is 0.184 e. The lowest BCUT2D eigenvalue weighted by Crippen LogP contribution is -1.98. The number of aromatic nitrogens is 2. The minimum absolute atomic E-state index is 0.279. The van der Waals surface area contributed by atoms with E-state index < -0.39 is 0 Å². The Balaban J connectivity index is 1.38. The second kappa shape index (κ2) is 7.41. The number of hydrogen-bond donors (Lipinski definition) is 2. The van der Waals surface area contributed by atoms with E-state index >= 15 is 0 Å². The van der Waals surface area contributed by atoms with Gasteiger partial charge < -0.3 is 15.2 Å². The van der Waals surface area contributed by atoms with Gasteiger partial charge in [-0.25, -0.2) is 4.98 Å². The number of para-hydroxylation sites is 2. The van der Waals surface area contributed by atoms with Gasteiger partial charge in [-0.05, 0) is 36.4 Å². The molecule has 0 atom stereocenters. The molecule has 0 fully saturated rings. The Bertz CT molecular complexity index is 1310. The third-order valence-corrected chi connectivity index (χ3v) is 5.59. The Morgan fingerprint density at radius 3 is 2.72 bits per heavy atom. The van der Waals surface area contributed by atoms with Crippen LogP contribution in [-0.2, 0) is 6.54 Å². The topological polar surface area (TPSA) is 67.3 Å². The van der Waals surface area contributed by atoms with E-state index in [4.69, 9.17) is 4.74 Å². The molecular formula is C23H17N3O2S. The van der Waals surface area contributed by atoms with Crippen molar-refractivity contribution in [1.82, 2.24) is 9.97 Å². The van der Waals surface area contributed by atoms with Crippen LogP contribution in [-0.4, -0.2) is 15.1 Å². The summed E-state index contributed by atoms with van der Waals surface area (Å²) in [5, 5.41) is 15.0. The number of benzene rings is 3. The number of anilines is 1. The van der Waals surface area contributed by atoms with E-state index in [0.29, 0.717) is 6.54 Å². The minimum Gasteiger partial charge on any atom is -0.508 e. The zero-order valence-corrected chi connectivity index (χ0v) is 16.2. The van der Waals surface area contributed by atoms with E-state index in [1.54, 1.807) is 23.6 Å². The van der Waals surface area contributed by atoms with Crippen molar-refractivity contribution in [3.8, 4) is 17.2 Å². The third-order valence-electron chi connectivity index (χ3n) is 4.62. The second-order valence-electron chi connectivity index (χ2n) is 6.56. The quantitative estimate of drug-likeness (QED) is 0.382.